The van der Waals surface area contributed by atoms with Crippen LogP contribution in [0.2, 0.25) is 0 Å². The molecule has 8 atom stereocenters. The molecule has 0 heterocycles. The summed E-state index contributed by atoms with van der Waals surface area (Å²) in [4.78, 5) is 24.7. The average molecular weight is 405 g/mol. The van der Waals surface area contributed by atoms with Crippen molar-refractivity contribution in [1.29, 1.82) is 0 Å². The molecule has 0 aromatic rings. The number of aliphatic hydroxyl groups is 2. The van der Waals surface area contributed by atoms with Crippen molar-refractivity contribution in [2.45, 2.75) is 71.6 Å². The van der Waals surface area contributed by atoms with Gasteiger partial charge in [0.1, 0.15) is 17.9 Å². The van der Waals surface area contributed by atoms with Gasteiger partial charge in [0.25, 0.3) is 0 Å². The lowest BCUT2D eigenvalue weighted by Crippen LogP contribution is -2.71. The second-order valence-electron chi connectivity index (χ2n) is 10.8. The van der Waals surface area contributed by atoms with Crippen LogP contribution in [0, 0.1) is 34.0 Å². The Hall–Kier alpha value is -1.33. The highest BCUT2D eigenvalue weighted by Crippen LogP contribution is 2.76. The van der Waals surface area contributed by atoms with E-state index in [-0.39, 0.29) is 17.6 Å². The smallest absolute Gasteiger partial charge is 0.190 e. The molecule has 0 aliphatic heterocycles. The van der Waals surface area contributed by atoms with Crippen LogP contribution in [0.4, 0.5) is 4.39 Å². The number of fused-ring (bicyclic) bond motifs is 5. The number of allylic oxidation sites excluding steroid dienone is 4. The highest BCUT2D eigenvalue weighted by atomic mass is 19.1. The predicted molar refractivity (Wildman–Crippen MR) is 108 cm³/mol. The molecule has 0 bridgehead atoms. The Labute approximate surface area is 172 Å². The molecule has 5 heteroatoms. The lowest BCUT2D eigenvalue weighted by atomic mass is 9.37. The van der Waals surface area contributed by atoms with E-state index in [9.17, 15) is 19.8 Å². The first-order valence-electron chi connectivity index (χ1n) is 10.8. The zero-order valence-corrected chi connectivity index (χ0v) is 18.1. The van der Waals surface area contributed by atoms with E-state index >= 15 is 4.39 Å². The first kappa shape index (κ1) is 20.9. The van der Waals surface area contributed by atoms with Crippen LogP contribution < -0.4 is 0 Å². The van der Waals surface area contributed by atoms with Gasteiger partial charge in [0.05, 0.1) is 0 Å². The molecule has 29 heavy (non-hydrogen) atoms. The molecule has 4 aliphatic rings. The fraction of sp³-hybridized carbons (Fsp3) is 0.750. The van der Waals surface area contributed by atoms with Crippen molar-refractivity contribution in [3.8, 4) is 0 Å². The first-order chi connectivity index (χ1) is 13.3. The lowest BCUT2D eigenvalue weighted by molar-refractivity contribution is -0.234. The molecule has 0 aromatic heterocycles. The summed E-state index contributed by atoms with van der Waals surface area (Å²) >= 11 is 0. The van der Waals surface area contributed by atoms with E-state index in [1.807, 2.05) is 34.6 Å². The van der Waals surface area contributed by atoms with E-state index in [0.717, 1.165) is 5.57 Å². The van der Waals surface area contributed by atoms with E-state index in [2.05, 4.69) is 0 Å². The van der Waals surface area contributed by atoms with Crippen LogP contribution in [0.3, 0.4) is 0 Å². The maximum Gasteiger partial charge on any atom is 0.190 e. The largest absolute Gasteiger partial charge is 0.388 e. The van der Waals surface area contributed by atoms with Crippen molar-refractivity contribution < 1.29 is 24.2 Å². The Morgan fingerprint density at radius 1 is 1.21 bits per heavy atom. The van der Waals surface area contributed by atoms with Crippen LogP contribution >= 0.6 is 0 Å². The molecule has 0 radical (unpaired) electrons. The first-order valence-corrected chi connectivity index (χ1v) is 10.8. The maximum absolute atomic E-state index is 17.5. The van der Waals surface area contributed by atoms with Crippen LogP contribution in [-0.2, 0) is 9.59 Å². The maximum atomic E-state index is 17.5. The van der Waals surface area contributed by atoms with Crippen LogP contribution in [0.25, 0.3) is 0 Å². The van der Waals surface area contributed by atoms with Gasteiger partial charge in [0.2, 0.25) is 0 Å². The summed E-state index contributed by atoms with van der Waals surface area (Å²) < 4.78 is 17.5. The van der Waals surface area contributed by atoms with Crippen LogP contribution in [0.1, 0.15) is 60.3 Å². The van der Waals surface area contributed by atoms with Crippen molar-refractivity contribution in [2.75, 3.05) is 6.61 Å². The molecule has 4 rings (SSSR count). The number of ketones is 2. The predicted octanol–water partition coefficient (Wildman–Crippen LogP) is 3.56. The second kappa shape index (κ2) is 5.88. The Morgan fingerprint density at radius 3 is 2.48 bits per heavy atom. The van der Waals surface area contributed by atoms with Gasteiger partial charge in [0, 0.05) is 16.2 Å². The van der Waals surface area contributed by atoms with Gasteiger partial charge in [-0.15, -0.1) is 0 Å². The average Bonchev–Trinajstić information content (AvgIpc) is 2.87. The van der Waals surface area contributed by atoms with Crippen LogP contribution in [0.5, 0.6) is 0 Å². The van der Waals surface area contributed by atoms with E-state index in [1.165, 1.54) is 6.08 Å². The summed E-state index contributed by atoms with van der Waals surface area (Å²) in [5.74, 6) is -1.62. The van der Waals surface area contributed by atoms with Crippen molar-refractivity contribution in [3.05, 3.63) is 23.8 Å². The molecule has 3 saturated carbocycles. The number of hydrogen-bond donors (Lipinski definition) is 2. The Balaban J connectivity index is 1.90. The van der Waals surface area contributed by atoms with Gasteiger partial charge >= 0.3 is 0 Å². The molecule has 3 fully saturated rings. The summed E-state index contributed by atoms with van der Waals surface area (Å²) in [6, 6.07) is 0. The molecule has 0 aromatic carbocycles. The molecular formula is C24H33FO4. The summed E-state index contributed by atoms with van der Waals surface area (Å²) in [6.45, 7) is 8.83. The highest BCUT2D eigenvalue weighted by molar-refractivity contribution is 6.01. The number of alkyl halides is 1. The molecule has 0 amide bonds. The van der Waals surface area contributed by atoms with Gasteiger partial charge in [-0.2, -0.15) is 0 Å². The van der Waals surface area contributed by atoms with Gasteiger partial charge < -0.3 is 10.2 Å². The molecule has 0 spiro atoms. The summed E-state index contributed by atoms with van der Waals surface area (Å²) in [5, 5.41) is 21.2. The van der Waals surface area contributed by atoms with E-state index in [1.54, 1.807) is 12.2 Å². The molecule has 0 saturated heterocycles. The highest BCUT2D eigenvalue weighted by Gasteiger charge is 2.78. The summed E-state index contributed by atoms with van der Waals surface area (Å²) in [6.07, 6.45) is 6.96. The monoisotopic (exact) mass is 404 g/mol. The Morgan fingerprint density at radius 2 is 1.86 bits per heavy atom. The third-order valence-electron chi connectivity index (χ3n) is 9.75. The number of halogens is 1. The fourth-order valence-corrected chi connectivity index (χ4v) is 8.45. The van der Waals surface area contributed by atoms with E-state index in [0.29, 0.717) is 25.7 Å². The third kappa shape index (κ3) is 2.06. The van der Waals surface area contributed by atoms with Gasteiger partial charge in [-0.25, -0.2) is 4.39 Å². The van der Waals surface area contributed by atoms with Gasteiger partial charge in [-0.05, 0) is 62.5 Å². The number of carbonyl (C=O) groups excluding carboxylic acids is 2. The van der Waals surface area contributed by atoms with Crippen molar-refractivity contribution in [1.82, 2.24) is 0 Å². The fourth-order valence-electron chi connectivity index (χ4n) is 8.45. The standard InChI is InChI=1S/C24H33FO4/c1-14-10-18-21(4)8-6-16-11-17(27)7-9-20(16,3)24(21,25)15(2)12-22(18,5)23(14,29)19(28)13-26/h7,9,11,14-15,18,26,29H,6,8,10,12-13H2,1-5H3/t14-,15?,18+,20+,21?,22+,23+,24+/m1/s1. The minimum absolute atomic E-state index is 0.0876. The molecule has 2 N–H and O–H groups in total. The topological polar surface area (TPSA) is 74.6 Å². The van der Waals surface area contributed by atoms with E-state index < -0.39 is 45.8 Å². The second-order valence-corrected chi connectivity index (χ2v) is 10.8. The third-order valence-corrected chi connectivity index (χ3v) is 9.75. The number of hydrogen-bond acceptors (Lipinski definition) is 4. The van der Waals surface area contributed by atoms with Crippen molar-refractivity contribution in [3.63, 3.8) is 0 Å². The SMILES string of the molecule is CC1C[C@@]2(C)[C@@H](C[C@@H](C)[C@]2(O)C(=O)CO)C2(C)CCC3=CC(=O)C=C[C@]3(C)[C@@]12F. The number of rotatable bonds is 2. The molecule has 4 aliphatic carbocycles. The van der Waals surface area contributed by atoms with Crippen LogP contribution in [-0.4, -0.2) is 39.7 Å². The zero-order valence-electron chi connectivity index (χ0n) is 18.1. The van der Waals surface area contributed by atoms with E-state index in [4.69, 9.17) is 0 Å². The summed E-state index contributed by atoms with van der Waals surface area (Å²) in [5.41, 5.74) is -4.83. The number of aliphatic hydroxyl groups excluding tert-OH is 1. The molecule has 4 nitrogen and oxygen atoms in total. The Kier molecular flexibility index (Phi) is 4.24. The normalized spacial score (nSPS) is 53.7. The van der Waals surface area contributed by atoms with Gasteiger partial charge in [0.15, 0.2) is 11.6 Å². The summed E-state index contributed by atoms with van der Waals surface area (Å²) in [7, 11) is 0. The number of Topliss-reactive ketones (excluding diaryl/α,β-unsaturated/α-hetero) is 1. The van der Waals surface area contributed by atoms with Crippen molar-refractivity contribution in [2.24, 2.45) is 34.0 Å². The van der Waals surface area contributed by atoms with Crippen molar-refractivity contribution >= 4 is 11.6 Å². The van der Waals surface area contributed by atoms with Crippen LogP contribution in [0.15, 0.2) is 23.8 Å². The number of carbonyl (C=O) groups is 2. The zero-order chi connectivity index (χ0) is 21.6. The lowest BCUT2D eigenvalue weighted by Gasteiger charge is -2.68. The Bertz CT molecular complexity index is 848. The minimum Gasteiger partial charge on any atom is -0.388 e. The quantitative estimate of drug-likeness (QED) is 0.738. The molecule has 160 valence electrons. The van der Waals surface area contributed by atoms with Gasteiger partial charge in [-0.3, -0.25) is 9.59 Å². The minimum atomic E-state index is -1.65. The molecule has 2 unspecified atom stereocenters. The van der Waals surface area contributed by atoms with Gasteiger partial charge in [-0.1, -0.05) is 39.3 Å². The molecular weight excluding hydrogens is 371 g/mol.